The number of hydrogen-bond donors (Lipinski definition) is 1. The second kappa shape index (κ2) is 13.8. The molecule has 15 nitrogen and oxygen atoms in total. The van der Waals surface area contributed by atoms with Gasteiger partial charge in [-0.25, -0.2) is 23.1 Å². The van der Waals surface area contributed by atoms with E-state index < -0.39 is 28.3 Å². The van der Waals surface area contributed by atoms with Crippen molar-refractivity contribution in [1.82, 2.24) is 48.3 Å². The number of imidazole rings is 1. The molecule has 7 heterocycles. The lowest BCUT2D eigenvalue weighted by molar-refractivity contribution is -0.0592. The molecule has 3 unspecified atom stereocenters. The minimum atomic E-state index is -0.867. The summed E-state index contributed by atoms with van der Waals surface area (Å²) < 4.78 is 50.5. The fourth-order valence-corrected chi connectivity index (χ4v) is 11.4. The van der Waals surface area contributed by atoms with Gasteiger partial charge in [-0.2, -0.15) is 10.2 Å². The topological polar surface area (TPSA) is 156 Å². The fraction of sp³-hybridized carbons (Fsp3) is 0.388. The number of carbonyl (C=O) groups excluding carboxylic acids is 1. The Morgan fingerprint density at radius 3 is 2.38 bits per heavy atom. The lowest BCUT2D eigenvalue weighted by atomic mass is 9.83. The van der Waals surface area contributed by atoms with Crippen LogP contribution in [0.5, 0.6) is 0 Å². The maximum Gasteiger partial charge on any atom is 0.438 e. The second-order valence-corrected chi connectivity index (χ2v) is 19.6. The first kappa shape index (κ1) is 40.6. The van der Waals surface area contributed by atoms with Crippen molar-refractivity contribution in [2.45, 2.75) is 95.7 Å². The van der Waals surface area contributed by atoms with Crippen molar-refractivity contribution < 1.29 is 22.8 Å². The van der Waals surface area contributed by atoms with E-state index in [0.717, 1.165) is 23.7 Å². The van der Waals surface area contributed by atoms with Crippen LogP contribution < -0.4 is 11.4 Å². The molecule has 3 atom stereocenters. The Kier molecular flexibility index (Phi) is 8.51. The van der Waals surface area contributed by atoms with Crippen LogP contribution in [0.3, 0.4) is 0 Å². The molecule has 3 aromatic carbocycles. The number of amides is 1. The van der Waals surface area contributed by atoms with Crippen LogP contribution in [0.25, 0.3) is 39.0 Å². The molecule has 8 aromatic rings. The third kappa shape index (κ3) is 5.73. The molecule has 1 saturated heterocycles. The Bertz CT molecular complexity index is 3460. The standard InChI is InChI=1S/C49H48F2N10O5/c1-26-19-32(20-27(2)40(26)50)61-42(58-17-16-57(46(58)64)37-10-9-36-33(41(37)51)25-52-56(36)6)39-34(54-61)11-15-59(48(39)13-14-48)43(62)38-22-31-21-29(30-12-18-65-47(4,5)24-30)7-8-35(31)60(38)49(23-28(49)3)44-53-45(63)66-55-44/h7-10,16-17,19-22,25,28,30H,11-15,18,23-24H2,1-6H3,(H,53,55,63). The van der Waals surface area contributed by atoms with E-state index in [9.17, 15) is 9.59 Å². The molecular formula is C49H48F2N10O5. The summed E-state index contributed by atoms with van der Waals surface area (Å²) in [4.78, 5) is 47.8. The van der Waals surface area contributed by atoms with Crippen LogP contribution in [-0.4, -0.2) is 73.0 Å². The van der Waals surface area contributed by atoms with Crippen LogP contribution in [0.2, 0.25) is 0 Å². The number of nitrogens with one attached hydrogen (secondary N) is 1. The molecule has 2 saturated carbocycles. The molecule has 1 spiro atoms. The number of aromatic nitrogens is 9. The molecule has 1 N–H and O–H groups in total. The Labute approximate surface area is 376 Å². The first-order valence-electron chi connectivity index (χ1n) is 22.6. The van der Waals surface area contributed by atoms with Crippen molar-refractivity contribution >= 4 is 27.7 Å². The van der Waals surface area contributed by atoms with Gasteiger partial charge in [0.2, 0.25) is 0 Å². The van der Waals surface area contributed by atoms with Gasteiger partial charge in [0.05, 0.1) is 45.3 Å². The average molecular weight is 895 g/mol. The van der Waals surface area contributed by atoms with E-state index in [1.807, 2.05) is 11.0 Å². The van der Waals surface area contributed by atoms with Crippen LogP contribution in [0.1, 0.15) is 103 Å². The molecule has 338 valence electrons. The van der Waals surface area contributed by atoms with Crippen molar-refractivity contribution in [3.05, 3.63) is 139 Å². The largest absolute Gasteiger partial charge is 0.438 e. The maximum atomic E-state index is 16.2. The number of aromatic amines is 1. The Morgan fingerprint density at radius 2 is 1.68 bits per heavy atom. The molecule has 66 heavy (non-hydrogen) atoms. The lowest BCUT2D eigenvalue weighted by Crippen LogP contribution is -2.47. The van der Waals surface area contributed by atoms with E-state index in [-0.39, 0.29) is 40.2 Å². The Balaban J connectivity index is 1.02. The summed E-state index contributed by atoms with van der Waals surface area (Å²) in [6.07, 6.45) is 8.47. The number of ether oxygens (including phenoxy) is 1. The van der Waals surface area contributed by atoms with Crippen LogP contribution in [0.4, 0.5) is 8.78 Å². The number of halogens is 2. The molecule has 1 amide bonds. The third-order valence-electron chi connectivity index (χ3n) is 15.0. The summed E-state index contributed by atoms with van der Waals surface area (Å²) in [6.45, 7) is 10.7. The Morgan fingerprint density at radius 1 is 0.939 bits per heavy atom. The van der Waals surface area contributed by atoms with E-state index in [4.69, 9.17) is 14.4 Å². The molecule has 2 aliphatic carbocycles. The molecule has 5 aromatic heterocycles. The molecule has 17 heteroatoms. The molecular weight excluding hydrogens is 847 g/mol. The minimum absolute atomic E-state index is 0.00582. The zero-order valence-corrected chi connectivity index (χ0v) is 37.5. The van der Waals surface area contributed by atoms with Crippen molar-refractivity contribution in [2.75, 3.05) is 13.2 Å². The SMILES string of the molecule is Cc1cc(-n2nc3c(c2-n2ccn(-c4ccc5c(cnn5C)c4F)c2=O)C2(CC2)N(C(=O)c2cc4cc(C5CCOC(C)(C)C5)ccc4n2C2(c4noc(=O)[nH]4)CC2C)CC3)cc(C)c1F. The van der Waals surface area contributed by atoms with E-state index in [0.29, 0.717) is 89.8 Å². The normalized spacial score (nSPS) is 21.8. The quantitative estimate of drug-likeness (QED) is 0.174. The molecule has 3 fully saturated rings. The summed E-state index contributed by atoms with van der Waals surface area (Å²) >= 11 is 0. The number of carbonyl (C=O) groups is 1. The monoisotopic (exact) mass is 894 g/mol. The van der Waals surface area contributed by atoms with Crippen molar-refractivity contribution in [3.63, 3.8) is 0 Å². The van der Waals surface area contributed by atoms with Crippen LogP contribution in [0, 0.1) is 31.4 Å². The highest BCUT2D eigenvalue weighted by Gasteiger charge is 2.61. The summed E-state index contributed by atoms with van der Waals surface area (Å²) in [5, 5.41) is 14.7. The first-order valence-corrected chi connectivity index (χ1v) is 22.6. The average Bonchev–Trinajstić information content (AvgIpc) is 3.72. The highest BCUT2D eigenvalue weighted by Crippen LogP contribution is 2.59. The molecule has 2 aliphatic heterocycles. The van der Waals surface area contributed by atoms with Gasteiger partial charge in [0.15, 0.2) is 17.5 Å². The number of aryl methyl sites for hydroxylation is 3. The highest BCUT2D eigenvalue weighted by atomic mass is 19.1. The van der Waals surface area contributed by atoms with Gasteiger partial charge >= 0.3 is 11.4 Å². The van der Waals surface area contributed by atoms with Crippen molar-refractivity contribution in [3.8, 4) is 17.2 Å². The summed E-state index contributed by atoms with van der Waals surface area (Å²) in [5.41, 5.74) is 3.35. The van der Waals surface area contributed by atoms with Crippen LogP contribution in [0.15, 0.2) is 81.2 Å². The van der Waals surface area contributed by atoms with Crippen LogP contribution in [-0.2, 0) is 29.3 Å². The highest BCUT2D eigenvalue weighted by molar-refractivity contribution is 6.00. The zero-order valence-electron chi connectivity index (χ0n) is 37.5. The van der Waals surface area contributed by atoms with Gasteiger partial charge in [-0.3, -0.25) is 28.1 Å². The van der Waals surface area contributed by atoms with Gasteiger partial charge in [-0.1, -0.05) is 18.1 Å². The van der Waals surface area contributed by atoms with Gasteiger partial charge in [0, 0.05) is 55.5 Å². The van der Waals surface area contributed by atoms with E-state index >= 15 is 13.6 Å². The molecule has 0 bridgehead atoms. The number of H-pyrrole nitrogens is 1. The molecule has 4 aliphatic rings. The number of hydrogen-bond acceptors (Lipinski definition) is 8. The second-order valence-electron chi connectivity index (χ2n) is 19.6. The van der Waals surface area contributed by atoms with Crippen molar-refractivity contribution in [1.29, 1.82) is 0 Å². The zero-order chi connectivity index (χ0) is 45.8. The minimum Gasteiger partial charge on any atom is -0.376 e. The lowest BCUT2D eigenvalue weighted by Gasteiger charge is -2.37. The number of benzene rings is 3. The molecule has 12 rings (SSSR count). The number of rotatable bonds is 7. The smallest absolute Gasteiger partial charge is 0.376 e. The van der Waals surface area contributed by atoms with Crippen molar-refractivity contribution in [2.24, 2.45) is 13.0 Å². The Hall–Kier alpha value is -6.88. The predicted molar refractivity (Wildman–Crippen MR) is 240 cm³/mol. The van der Waals surface area contributed by atoms with Gasteiger partial charge in [-0.15, -0.1) is 0 Å². The number of nitrogens with zero attached hydrogens (tertiary/aromatic N) is 9. The summed E-state index contributed by atoms with van der Waals surface area (Å²) in [7, 11) is 1.72. The number of fused-ring (bicyclic) bond motifs is 4. The van der Waals surface area contributed by atoms with Gasteiger partial charge in [0.1, 0.15) is 17.1 Å². The van der Waals surface area contributed by atoms with E-state index in [2.05, 4.69) is 58.8 Å². The summed E-state index contributed by atoms with van der Waals surface area (Å²) in [6, 6.07) is 15.1. The van der Waals surface area contributed by atoms with Gasteiger partial charge < -0.3 is 14.2 Å². The van der Waals surface area contributed by atoms with Gasteiger partial charge in [-0.05, 0) is 131 Å². The summed E-state index contributed by atoms with van der Waals surface area (Å²) in [5.74, 6) is -0.773. The predicted octanol–water partition coefficient (Wildman–Crippen LogP) is 7.37. The van der Waals surface area contributed by atoms with Gasteiger partial charge in [0.25, 0.3) is 5.91 Å². The third-order valence-corrected chi connectivity index (χ3v) is 15.0. The molecule has 0 radical (unpaired) electrons. The van der Waals surface area contributed by atoms with E-state index in [1.165, 1.54) is 27.1 Å². The first-order chi connectivity index (χ1) is 31.6. The van der Waals surface area contributed by atoms with Crippen LogP contribution >= 0.6 is 0 Å². The van der Waals surface area contributed by atoms with E-state index in [1.54, 1.807) is 60.7 Å². The maximum absolute atomic E-state index is 16.2. The fourth-order valence-electron chi connectivity index (χ4n) is 11.4.